The van der Waals surface area contributed by atoms with E-state index in [4.69, 9.17) is 0 Å². The summed E-state index contributed by atoms with van der Waals surface area (Å²) in [6.07, 6.45) is -4.24. The number of sulfonamides is 1. The fourth-order valence-corrected chi connectivity index (χ4v) is 4.23. The van der Waals surface area contributed by atoms with E-state index in [9.17, 15) is 31.2 Å². The smallest absolute Gasteiger partial charge is 0.416 e. The van der Waals surface area contributed by atoms with Gasteiger partial charge in [0.05, 0.1) is 17.6 Å². The van der Waals surface area contributed by atoms with Gasteiger partial charge >= 0.3 is 12.1 Å². The van der Waals surface area contributed by atoms with E-state index in [1.807, 2.05) is 0 Å². The van der Waals surface area contributed by atoms with Crippen molar-refractivity contribution in [3.63, 3.8) is 0 Å². The zero-order valence-electron chi connectivity index (χ0n) is 14.5. The van der Waals surface area contributed by atoms with Gasteiger partial charge in [0.1, 0.15) is 6.54 Å². The number of amides is 1. The average molecular weight is 408 g/mol. The third-order valence-electron chi connectivity index (χ3n) is 4.26. The standard InChI is InChI=1S/C16H19F3N2O5S/c1-26-14(22)10-20-15(23)11-5-7-21(8-6-11)27(24,25)13-4-2-3-12(9-13)16(17,18)19/h2-4,9,11H,5-8,10H2,1H3,(H,20,23). The number of hydrogen-bond acceptors (Lipinski definition) is 5. The lowest BCUT2D eigenvalue weighted by atomic mass is 9.97. The Hall–Kier alpha value is -2.14. The summed E-state index contributed by atoms with van der Waals surface area (Å²) >= 11 is 0. The molecule has 1 aliphatic rings. The molecular formula is C16H19F3N2O5S. The van der Waals surface area contributed by atoms with Gasteiger partial charge in [-0.3, -0.25) is 9.59 Å². The Balaban J connectivity index is 2.02. The first kappa shape index (κ1) is 21.2. The fraction of sp³-hybridized carbons (Fsp3) is 0.500. The summed E-state index contributed by atoms with van der Waals surface area (Å²) in [6, 6.07) is 3.56. The number of carbonyl (C=O) groups is 2. The molecule has 7 nitrogen and oxygen atoms in total. The molecule has 0 aromatic heterocycles. The van der Waals surface area contributed by atoms with Crippen LogP contribution < -0.4 is 5.32 Å². The molecule has 1 aromatic carbocycles. The summed E-state index contributed by atoms with van der Waals surface area (Å²) in [7, 11) is -2.91. The molecule has 1 N–H and O–H groups in total. The number of carbonyl (C=O) groups excluding carboxylic acids is 2. The molecule has 11 heteroatoms. The molecule has 1 aliphatic heterocycles. The maximum absolute atomic E-state index is 12.8. The van der Waals surface area contributed by atoms with Gasteiger partial charge < -0.3 is 10.1 Å². The highest BCUT2D eigenvalue weighted by atomic mass is 32.2. The van der Waals surface area contributed by atoms with Crippen LogP contribution in [0, 0.1) is 5.92 Å². The van der Waals surface area contributed by atoms with Gasteiger partial charge in [-0.25, -0.2) is 8.42 Å². The van der Waals surface area contributed by atoms with Crippen LogP contribution in [0.25, 0.3) is 0 Å². The summed E-state index contributed by atoms with van der Waals surface area (Å²) in [5, 5.41) is 2.41. The van der Waals surface area contributed by atoms with E-state index in [0.29, 0.717) is 6.07 Å². The molecule has 0 unspecified atom stereocenters. The van der Waals surface area contributed by atoms with E-state index in [2.05, 4.69) is 10.1 Å². The quantitative estimate of drug-likeness (QED) is 0.744. The van der Waals surface area contributed by atoms with Crippen molar-refractivity contribution in [1.29, 1.82) is 0 Å². The van der Waals surface area contributed by atoms with Crippen molar-refractivity contribution in [2.24, 2.45) is 5.92 Å². The summed E-state index contributed by atoms with van der Waals surface area (Å²) in [5.41, 5.74) is -1.04. The van der Waals surface area contributed by atoms with Gasteiger partial charge in [-0.1, -0.05) is 6.07 Å². The fourth-order valence-electron chi connectivity index (χ4n) is 2.72. The second-order valence-electron chi connectivity index (χ2n) is 6.00. The number of halogens is 3. The Morgan fingerprint density at radius 3 is 2.44 bits per heavy atom. The zero-order chi connectivity index (χ0) is 20.2. The van der Waals surface area contributed by atoms with E-state index in [1.54, 1.807) is 0 Å². The van der Waals surface area contributed by atoms with Gasteiger partial charge in [0.15, 0.2) is 0 Å². The van der Waals surface area contributed by atoms with Gasteiger partial charge in [-0.05, 0) is 31.0 Å². The molecule has 1 fully saturated rings. The van der Waals surface area contributed by atoms with Crippen molar-refractivity contribution < 1.29 is 35.9 Å². The molecular weight excluding hydrogens is 389 g/mol. The number of hydrogen-bond donors (Lipinski definition) is 1. The third-order valence-corrected chi connectivity index (χ3v) is 6.15. The predicted molar refractivity (Wildman–Crippen MR) is 88.0 cm³/mol. The highest BCUT2D eigenvalue weighted by Gasteiger charge is 2.35. The van der Waals surface area contributed by atoms with E-state index in [-0.39, 0.29) is 32.5 Å². The summed E-state index contributed by atoms with van der Waals surface area (Å²) in [5.74, 6) is -1.48. The number of rotatable bonds is 5. The Morgan fingerprint density at radius 2 is 1.89 bits per heavy atom. The summed E-state index contributed by atoms with van der Waals surface area (Å²) in [6.45, 7) is -0.290. The second-order valence-corrected chi connectivity index (χ2v) is 7.94. The first-order valence-electron chi connectivity index (χ1n) is 8.07. The minimum absolute atomic E-state index is 0.00507. The number of ether oxygens (including phenoxy) is 1. The molecule has 0 spiro atoms. The first-order valence-corrected chi connectivity index (χ1v) is 9.51. The van der Waals surface area contributed by atoms with Crippen LogP contribution in [0.5, 0.6) is 0 Å². The van der Waals surface area contributed by atoms with E-state index in [1.165, 1.54) is 7.11 Å². The van der Waals surface area contributed by atoms with Crippen LogP contribution in [0.3, 0.4) is 0 Å². The molecule has 0 radical (unpaired) electrons. The molecule has 0 aliphatic carbocycles. The Morgan fingerprint density at radius 1 is 1.26 bits per heavy atom. The van der Waals surface area contributed by atoms with Crippen molar-refractivity contribution in [2.45, 2.75) is 23.9 Å². The third kappa shape index (κ3) is 5.19. The van der Waals surface area contributed by atoms with Crippen LogP contribution in [-0.4, -0.2) is 51.3 Å². The van der Waals surface area contributed by atoms with Crippen LogP contribution >= 0.6 is 0 Å². The van der Waals surface area contributed by atoms with Crippen LogP contribution in [-0.2, 0) is 30.5 Å². The molecule has 1 aromatic rings. The van der Waals surface area contributed by atoms with Crippen LogP contribution in [0.2, 0.25) is 0 Å². The van der Waals surface area contributed by atoms with Gasteiger partial charge in [0.2, 0.25) is 15.9 Å². The minimum atomic E-state index is -4.64. The van der Waals surface area contributed by atoms with Crippen molar-refractivity contribution in [2.75, 3.05) is 26.7 Å². The van der Waals surface area contributed by atoms with Crippen LogP contribution in [0.4, 0.5) is 13.2 Å². The number of piperidine rings is 1. The zero-order valence-corrected chi connectivity index (χ0v) is 15.3. The Bertz CT molecular complexity index is 803. The molecule has 150 valence electrons. The van der Waals surface area contributed by atoms with Gasteiger partial charge in [0, 0.05) is 19.0 Å². The second kappa shape index (κ2) is 8.26. The molecule has 0 saturated carbocycles. The highest BCUT2D eigenvalue weighted by molar-refractivity contribution is 7.89. The first-order chi connectivity index (χ1) is 12.6. The number of alkyl halides is 3. The van der Waals surface area contributed by atoms with Crippen molar-refractivity contribution in [3.8, 4) is 0 Å². The minimum Gasteiger partial charge on any atom is -0.468 e. The molecule has 0 atom stereocenters. The Kier molecular flexibility index (Phi) is 6.47. The normalized spacial score (nSPS) is 16.7. The maximum atomic E-state index is 12.8. The van der Waals surface area contributed by atoms with Gasteiger partial charge in [-0.15, -0.1) is 0 Å². The number of esters is 1. The maximum Gasteiger partial charge on any atom is 0.416 e. The summed E-state index contributed by atoms with van der Waals surface area (Å²) < 4.78 is 69.1. The molecule has 0 bridgehead atoms. The largest absolute Gasteiger partial charge is 0.468 e. The number of methoxy groups -OCH3 is 1. The van der Waals surface area contributed by atoms with E-state index < -0.39 is 44.5 Å². The summed E-state index contributed by atoms with van der Waals surface area (Å²) in [4.78, 5) is 22.6. The average Bonchev–Trinajstić information content (AvgIpc) is 2.65. The Labute approximate surface area is 154 Å². The van der Waals surface area contributed by atoms with Gasteiger partial charge in [-0.2, -0.15) is 17.5 Å². The van der Waals surface area contributed by atoms with Crippen molar-refractivity contribution in [1.82, 2.24) is 9.62 Å². The van der Waals surface area contributed by atoms with E-state index in [0.717, 1.165) is 22.5 Å². The lowest BCUT2D eigenvalue weighted by Crippen LogP contribution is -2.43. The molecule has 27 heavy (non-hydrogen) atoms. The van der Waals surface area contributed by atoms with Crippen molar-refractivity contribution >= 4 is 21.9 Å². The lowest BCUT2D eigenvalue weighted by molar-refractivity contribution is -0.141. The monoisotopic (exact) mass is 408 g/mol. The number of benzene rings is 1. The van der Waals surface area contributed by atoms with E-state index >= 15 is 0 Å². The highest BCUT2D eigenvalue weighted by Crippen LogP contribution is 2.32. The number of nitrogens with one attached hydrogen (secondary N) is 1. The molecule has 2 rings (SSSR count). The lowest BCUT2D eigenvalue weighted by Gasteiger charge is -2.30. The molecule has 1 heterocycles. The predicted octanol–water partition coefficient (Wildman–Crippen LogP) is 1.40. The topological polar surface area (TPSA) is 92.8 Å². The van der Waals surface area contributed by atoms with Crippen LogP contribution in [0.15, 0.2) is 29.2 Å². The molecule has 1 amide bonds. The van der Waals surface area contributed by atoms with Gasteiger partial charge in [0.25, 0.3) is 0 Å². The SMILES string of the molecule is COC(=O)CNC(=O)C1CCN(S(=O)(=O)c2cccc(C(F)(F)F)c2)CC1. The number of nitrogens with zero attached hydrogens (tertiary/aromatic N) is 1. The van der Waals surface area contributed by atoms with Crippen molar-refractivity contribution in [3.05, 3.63) is 29.8 Å². The molecule has 1 saturated heterocycles. The van der Waals surface area contributed by atoms with Crippen LogP contribution in [0.1, 0.15) is 18.4 Å².